The van der Waals surface area contributed by atoms with Gasteiger partial charge in [0, 0.05) is 44.0 Å². The molecule has 8 nitrogen and oxygen atoms in total. The van der Waals surface area contributed by atoms with Gasteiger partial charge in [-0.25, -0.2) is 4.79 Å². The molecule has 1 fully saturated rings. The fraction of sp³-hybridized carbons (Fsp3) is 0.400. The summed E-state index contributed by atoms with van der Waals surface area (Å²) in [6.07, 6.45) is 1.31. The molecule has 1 N–H and O–H groups in total. The molecule has 0 saturated carbocycles. The van der Waals surface area contributed by atoms with E-state index in [1.165, 1.54) is 17.8 Å². The number of aromatic nitrogens is 2. The maximum Gasteiger partial charge on any atom is 0.328 e. The normalized spacial score (nSPS) is 14.4. The number of carbonyl (C=O) groups is 2. The van der Waals surface area contributed by atoms with Gasteiger partial charge in [0.2, 0.25) is 5.91 Å². The topological polar surface area (TPSA) is 95.5 Å². The van der Waals surface area contributed by atoms with E-state index in [0.717, 1.165) is 4.57 Å². The minimum absolute atomic E-state index is 0.0424. The Morgan fingerprint density at radius 2 is 1.57 bits per heavy atom. The lowest BCUT2D eigenvalue weighted by atomic mass is 10.0. The monoisotopic (exact) mass is 384 g/mol. The van der Waals surface area contributed by atoms with Gasteiger partial charge in [-0.3, -0.25) is 23.9 Å². The van der Waals surface area contributed by atoms with Crippen LogP contribution in [0.5, 0.6) is 0 Å². The fourth-order valence-corrected chi connectivity index (χ4v) is 3.17. The van der Waals surface area contributed by atoms with Crippen molar-refractivity contribution in [2.75, 3.05) is 26.2 Å². The van der Waals surface area contributed by atoms with Gasteiger partial charge in [-0.1, -0.05) is 26.0 Å². The van der Waals surface area contributed by atoms with Crippen molar-refractivity contribution in [3.05, 3.63) is 68.5 Å². The molecule has 1 saturated heterocycles. The van der Waals surface area contributed by atoms with Crippen LogP contribution >= 0.6 is 0 Å². The summed E-state index contributed by atoms with van der Waals surface area (Å²) < 4.78 is 1.16. The highest BCUT2D eigenvalue weighted by Crippen LogP contribution is 2.16. The first-order valence-corrected chi connectivity index (χ1v) is 9.32. The van der Waals surface area contributed by atoms with E-state index < -0.39 is 11.2 Å². The number of aromatic amines is 1. The number of piperazine rings is 1. The van der Waals surface area contributed by atoms with Gasteiger partial charge in [0.15, 0.2) is 0 Å². The SMILES string of the molecule is CC(C)c1ccc(C(=O)N2CCN(C(=O)Cn3ccc(=O)[nH]c3=O)CC2)cc1. The zero-order chi connectivity index (χ0) is 20.3. The lowest BCUT2D eigenvalue weighted by Gasteiger charge is -2.35. The van der Waals surface area contributed by atoms with Crippen LogP contribution in [0.4, 0.5) is 0 Å². The van der Waals surface area contributed by atoms with Gasteiger partial charge >= 0.3 is 5.69 Å². The number of amides is 2. The molecule has 0 radical (unpaired) electrons. The van der Waals surface area contributed by atoms with Gasteiger partial charge in [-0.2, -0.15) is 0 Å². The van der Waals surface area contributed by atoms with Crippen molar-refractivity contribution in [2.24, 2.45) is 0 Å². The molecular formula is C20H24N4O4. The largest absolute Gasteiger partial charge is 0.338 e. The lowest BCUT2D eigenvalue weighted by molar-refractivity contribution is -0.133. The summed E-state index contributed by atoms with van der Waals surface area (Å²) in [5.41, 5.74) is 0.718. The quantitative estimate of drug-likeness (QED) is 0.837. The van der Waals surface area contributed by atoms with E-state index >= 15 is 0 Å². The second-order valence-corrected chi connectivity index (χ2v) is 7.19. The molecule has 0 bridgehead atoms. The minimum Gasteiger partial charge on any atom is -0.338 e. The van der Waals surface area contributed by atoms with Crippen molar-refractivity contribution in [1.82, 2.24) is 19.4 Å². The molecule has 148 valence electrons. The van der Waals surface area contributed by atoms with Crippen molar-refractivity contribution in [1.29, 1.82) is 0 Å². The molecule has 2 aromatic rings. The highest BCUT2D eigenvalue weighted by Gasteiger charge is 2.25. The molecule has 1 aliphatic heterocycles. The van der Waals surface area contributed by atoms with Gasteiger partial charge in [-0.05, 0) is 23.6 Å². The molecule has 1 aromatic heterocycles. The van der Waals surface area contributed by atoms with Crippen molar-refractivity contribution in [3.8, 4) is 0 Å². The first-order chi connectivity index (χ1) is 13.3. The number of carbonyl (C=O) groups excluding carboxylic acids is 2. The van der Waals surface area contributed by atoms with E-state index in [1.54, 1.807) is 9.80 Å². The van der Waals surface area contributed by atoms with Crippen molar-refractivity contribution in [3.63, 3.8) is 0 Å². The number of nitrogens with one attached hydrogen (secondary N) is 1. The van der Waals surface area contributed by atoms with Crippen LogP contribution in [0.25, 0.3) is 0 Å². The maximum absolute atomic E-state index is 12.7. The van der Waals surface area contributed by atoms with Crippen LogP contribution in [0.2, 0.25) is 0 Å². The molecule has 0 atom stereocenters. The first-order valence-electron chi connectivity index (χ1n) is 9.32. The molecular weight excluding hydrogens is 360 g/mol. The van der Waals surface area contributed by atoms with Crippen LogP contribution < -0.4 is 11.2 Å². The molecule has 1 aliphatic rings. The average molecular weight is 384 g/mol. The number of benzene rings is 1. The molecule has 0 spiro atoms. The molecule has 0 aliphatic carbocycles. The third kappa shape index (κ3) is 4.39. The Kier molecular flexibility index (Phi) is 5.77. The van der Waals surface area contributed by atoms with Gasteiger partial charge < -0.3 is 9.80 Å². The number of hydrogen-bond donors (Lipinski definition) is 1. The summed E-state index contributed by atoms with van der Waals surface area (Å²) >= 11 is 0. The Morgan fingerprint density at radius 3 is 2.14 bits per heavy atom. The number of hydrogen-bond acceptors (Lipinski definition) is 4. The number of H-pyrrole nitrogens is 1. The molecule has 3 rings (SSSR count). The summed E-state index contributed by atoms with van der Waals surface area (Å²) in [4.78, 5) is 53.4. The Hall–Kier alpha value is -3.16. The first kappa shape index (κ1) is 19.6. The second kappa shape index (κ2) is 8.24. The Labute approximate surface area is 162 Å². The van der Waals surface area contributed by atoms with E-state index in [1.807, 2.05) is 24.3 Å². The smallest absolute Gasteiger partial charge is 0.328 e. The Balaban J connectivity index is 1.57. The predicted octanol–water partition coefficient (Wildman–Crippen LogP) is 0.645. The van der Waals surface area contributed by atoms with Gasteiger partial charge in [0.05, 0.1) is 0 Å². The molecule has 0 unspecified atom stereocenters. The standard InChI is InChI=1S/C20H24N4O4/c1-14(2)15-3-5-16(6-4-15)19(27)23-11-9-22(10-12-23)18(26)13-24-8-7-17(25)21-20(24)28/h3-8,14H,9-13H2,1-2H3,(H,21,25,28). The van der Waals surface area contributed by atoms with Crippen LogP contribution in [-0.2, 0) is 11.3 Å². The maximum atomic E-state index is 12.7. The van der Waals surface area contributed by atoms with E-state index in [0.29, 0.717) is 37.7 Å². The molecule has 8 heteroatoms. The Bertz CT molecular complexity index is 967. The summed E-state index contributed by atoms with van der Waals surface area (Å²) in [7, 11) is 0. The summed E-state index contributed by atoms with van der Waals surface area (Å²) in [5, 5.41) is 0. The van der Waals surface area contributed by atoms with E-state index in [2.05, 4.69) is 18.8 Å². The van der Waals surface area contributed by atoms with Crippen molar-refractivity contribution >= 4 is 11.8 Å². The second-order valence-electron chi connectivity index (χ2n) is 7.19. The van der Waals surface area contributed by atoms with Crippen molar-refractivity contribution < 1.29 is 9.59 Å². The summed E-state index contributed by atoms with van der Waals surface area (Å²) in [5.74, 6) is 0.149. The molecule has 28 heavy (non-hydrogen) atoms. The third-order valence-corrected chi connectivity index (χ3v) is 4.95. The molecule has 2 amide bonds. The predicted molar refractivity (Wildman–Crippen MR) is 104 cm³/mol. The van der Waals surface area contributed by atoms with E-state index in [4.69, 9.17) is 0 Å². The number of nitrogens with zero attached hydrogens (tertiary/aromatic N) is 3. The fourth-order valence-electron chi connectivity index (χ4n) is 3.17. The molecule has 1 aromatic carbocycles. The third-order valence-electron chi connectivity index (χ3n) is 4.95. The highest BCUT2D eigenvalue weighted by molar-refractivity contribution is 5.94. The zero-order valence-corrected chi connectivity index (χ0v) is 16.1. The summed E-state index contributed by atoms with van der Waals surface area (Å²) in [6, 6.07) is 8.84. The van der Waals surface area contributed by atoms with Gasteiger partial charge in [-0.15, -0.1) is 0 Å². The van der Waals surface area contributed by atoms with Crippen LogP contribution in [0.15, 0.2) is 46.1 Å². The van der Waals surface area contributed by atoms with Crippen LogP contribution in [0.1, 0.15) is 35.7 Å². The van der Waals surface area contributed by atoms with Gasteiger partial charge in [0.25, 0.3) is 11.5 Å². The highest BCUT2D eigenvalue weighted by atomic mass is 16.2. The van der Waals surface area contributed by atoms with Crippen LogP contribution in [0.3, 0.4) is 0 Å². The van der Waals surface area contributed by atoms with E-state index in [-0.39, 0.29) is 18.4 Å². The minimum atomic E-state index is -0.612. The van der Waals surface area contributed by atoms with E-state index in [9.17, 15) is 19.2 Å². The van der Waals surface area contributed by atoms with Crippen LogP contribution in [-0.4, -0.2) is 57.3 Å². The molecule has 2 heterocycles. The number of rotatable bonds is 4. The average Bonchev–Trinajstić information content (AvgIpc) is 2.69. The summed E-state index contributed by atoms with van der Waals surface area (Å²) in [6.45, 7) is 5.77. The lowest BCUT2D eigenvalue weighted by Crippen LogP contribution is -2.51. The Morgan fingerprint density at radius 1 is 0.964 bits per heavy atom. The van der Waals surface area contributed by atoms with Crippen LogP contribution in [0, 0.1) is 0 Å². The zero-order valence-electron chi connectivity index (χ0n) is 16.1. The van der Waals surface area contributed by atoms with Crippen molar-refractivity contribution in [2.45, 2.75) is 26.3 Å². The van der Waals surface area contributed by atoms with Gasteiger partial charge in [0.1, 0.15) is 6.54 Å².